The molecule has 0 bridgehead atoms. The maximum absolute atomic E-state index is 12.6. The summed E-state index contributed by atoms with van der Waals surface area (Å²) in [6, 6.07) is 4.92. The molecular weight excluding hydrogens is 315 g/mol. The van der Waals surface area contributed by atoms with Crippen molar-refractivity contribution >= 4 is 28.4 Å². The average molecular weight is 321 g/mol. The van der Waals surface area contributed by atoms with E-state index in [1.807, 2.05) is 10.5 Å². The van der Waals surface area contributed by atoms with Gasteiger partial charge in [0.1, 0.15) is 5.82 Å². The highest BCUT2D eigenvalue weighted by Crippen LogP contribution is 2.29. The Morgan fingerprint density at radius 1 is 1.36 bits per heavy atom. The fourth-order valence-electron chi connectivity index (χ4n) is 1.09. The first-order valence-electron chi connectivity index (χ1n) is 3.84. The van der Waals surface area contributed by atoms with Crippen LogP contribution < -0.4 is 0 Å². The average Bonchev–Trinajstić information content (AvgIpc) is 2.67. The van der Waals surface area contributed by atoms with Gasteiger partial charge in [0, 0.05) is 6.20 Å². The summed E-state index contributed by atoms with van der Waals surface area (Å²) in [6.45, 7) is 0. The quantitative estimate of drug-likeness (QED) is 0.629. The maximum atomic E-state index is 12.6. The molecule has 72 valence electrons. The molecule has 1 unspecified atom stereocenters. The molecule has 2 heterocycles. The van der Waals surface area contributed by atoms with Crippen molar-refractivity contribution in [2.75, 3.05) is 0 Å². The van der Waals surface area contributed by atoms with Crippen LogP contribution >= 0.6 is 28.4 Å². The van der Waals surface area contributed by atoms with Gasteiger partial charge < -0.3 is 0 Å². The van der Waals surface area contributed by atoms with Crippen LogP contribution in [-0.4, -0.2) is 14.5 Å². The third-order valence-electron chi connectivity index (χ3n) is 1.71. The highest BCUT2D eigenvalue weighted by Gasteiger charge is 2.05. The normalized spacial score (nSPS) is 11.3. The van der Waals surface area contributed by atoms with Gasteiger partial charge in [0.25, 0.3) is 0 Å². The van der Waals surface area contributed by atoms with E-state index >= 15 is 0 Å². The maximum Gasteiger partial charge on any atom is 0.141 e. The van der Waals surface area contributed by atoms with Crippen LogP contribution in [0, 0.1) is 5.82 Å². The molecule has 0 aliphatic carbocycles. The molecule has 3 nitrogen and oxygen atoms in total. The summed E-state index contributed by atoms with van der Waals surface area (Å²) in [7, 11) is 0. The number of hydrogen-bond acceptors (Lipinski definition) is 2. The Hall–Kier alpha value is -0.550. The molecule has 0 spiro atoms. The van der Waals surface area contributed by atoms with Crippen LogP contribution in [0.15, 0.2) is 30.6 Å². The van der Waals surface area contributed by atoms with E-state index in [1.54, 1.807) is 12.3 Å². The fraction of sp³-hybridized carbons (Fsp3) is 0. The minimum Gasteiger partial charge on any atom is -0.252 e. The van der Waals surface area contributed by atoms with E-state index in [4.69, 9.17) is 0 Å². The first-order chi connectivity index (χ1) is 6.81. The van der Waals surface area contributed by atoms with Crippen molar-refractivity contribution in [2.45, 2.75) is 0 Å². The van der Waals surface area contributed by atoms with Crippen LogP contribution in [0.1, 0.15) is 0 Å². The molecule has 0 aliphatic heterocycles. The number of rotatable bonds is 2. The molecule has 0 aromatic carbocycles. The van der Waals surface area contributed by atoms with E-state index in [1.165, 1.54) is 12.3 Å². The lowest BCUT2D eigenvalue weighted by atomic mass is 10.3. The third kappa shape index (κ3) is 1.93. The van der Waals surface area contributed by atoms with Crippen LogP contribution in [0.2, 0.25) is 0 Å². The fourth-order valence-corrected chi connectivity index (χ4v) is 2.64. The molecule has 6 heteroatoms. The largest absolute Gasteiger partial charge is 0.252 e. The van der Waals surface area contributed by atoms with Crippen molar-refractivity contribution in [3.8, 4) is 11.4 Å². The van der Waals surface area contributed by atoms with Crippen molar-refractivity contribution < 1.29 is 4.39 Å². The molecular formula is C8H6FIN3P. The van der Waals surface area contributed by atoms with Crippen LogP contribution in [0.4, 0.5) is 4.39 Å². The van der Waals surface area contributed by atoms with Crippen molar-refractivity contribution in [1.29, 1.82) is 0 Å². The summed E-state index contributed by atoms with van der Waals surface area (Å²) in [5.74, 6) is -0.322. The lowest BCUT2D eigenvalue weighted by molar-refractivity contribution is 0.621. The van der Waals surface area contributed by atoms with Gasteiger partial charge in [-0.3, -0.25) is 4.98 Å². The van der Waals surface area contributed by atoms with Gasteiger partial charge in [-0.15, -0.1) is 0 Å². The molecule has 0 fully saturated rings. The summed E-state index contributed by atoms with van der Waals surface area (Å²) in [4.78, 5) is 3.99. The van der Waals surface area contributed by atoms with Crippen molar-refractivity contribution in [3.63, 3.8) is 0 Å². The molecule has 0 aliphatic rings. The molecule has 0 N–H and O–H groups in total. The van der Waals surface area contributed by atoms with Crippen LogP contribution in [-0.2, 0) is 0 Å². The van der Waals surface area contributed by atoms with Gasteiger partial charge in [-0.1, -0.05) is 0 Å². The number of aromatic nitrogens is 3. The zero-order valence-corrected chi connectivity index (χ0v) is 10.1. The van der Waals surface area contributed by atoms with Crippen LogP contribution in [0.25, 0.3) is 11.4 Å². The second kappa shape index (κ2) is 4.31. The Kier molecular flexibility index (Phi) is 3.08. The van der Waals surface area contributed by atoms with Crippen LogP contribution in [0.3, 0.4) is 0 Å². The Bertz CT molecular complexity index is 428. The van der Waals surface area contributed by atoms with Gasteiger partial charge in [0.2, 0.25) is 0 Å². The summed E-state index contributed by atoms with van der Waals surface area (Å²) >= 11 is 2.24. The predicted molar refractivity (Wildman–Crippen MR) is 63.1 cm³/mol. The minimum atomic E-state index is -0.322. The molecule has 0 amide bonds. The molecule has 1 atom stereocenters. The van der Waals surface area contributed by atoms with E-state index in [-0.39, 0.29) is 5.82 Å². The predicted octanol–water partition coefficient (Wildman–Crippen LogP) is 2.88. The first-order valence-corrected chi connectivity index (χ1v) is 7.90. The van der Waals surface area contributed by atoms with Gasteiger partial charge in [0.05, 0.1) is 24.0 Å². The number of nitrogens with zero attached hydrogens (tertiary/aromatic N) is 3. The number of halogens is 2. The van der Waals surface area contributed by atoms with E-state index in [0.717, 1.165) is 11.4 Å². The molecule has 2 aromatic rings. The van der Waals surface area contributed by atoms with Gasteiger partial charge in [0.15, 0.2) is 0 Å². The van der Waals surface area contributed by atoms with E-state index < -0.39 is 0 Å². The second-order valence-electron chi connectivity index (χ2n) is 2.57. The second-order valence-corrected chi connectivity index (χ2v) is 4.61. The highest BCUT2D eigenvalue weighted by atomic mass is 127. The summed E-state index contributed by atoms with van der Waals surface area (Å²) in [5, 5.41) is 4.12. The smallest absolute Gasteiger partial charge is 0.141 e. The van der Waals surface area contributed by atoms with Crippen molar-refractivity contribution in [2.24, 2.45) is 0 Å². The molecule has 14 heavy (non-hydrogen) atoms. The molecule has 2 rings (SSSR count). The Morgan fingerprint density at radius 3 is 2.86 bits per heavy atom. The lowest BCUT2D eigenvalue weighted by Crippen LogP contribution is -1.90. The van der Waals surface area contributed by atoms with Crippen molar-refractivity contribution in [1.82, 2.24) is 14.5 Å². The Morgan fingerprint density at radius 2 is 2.21 bits per heavy atom. The zero-order chi connectivity index (χ0) is 9.97. The SMILES string of the molecule is Fc1ccc(-c2ccnn2PI)nc1. The minimum absolute atomic E-state index is 0.322. The standard InChI is InChI=1S/C8H6FIN3P/c9-6-1-2-7(11-5-6)8-3-4-12-13(8)14-10/h1-5,14H. The van der Waals surface area contributed by atoms with E-state index in [0.29, 0.717) is 6.37 Å². The lowest BCUT2D eigenvalue weighted by Gasteiger charge is -2.01. The topological polar surface area (TPSA) is 30.7 Å². The summed E-state index contributed by atoms with van der Waals surface area (Å²) < 4.78 is 14.5. The molecule has 0 saturated heterocycles. The molecule has 0 saturated carbocycles. The number of pyridine rings is 1. The highest BCUT2D eigenvalue weighted by molar-refractivity contribution is 14.2. The van der Waals surface area contributed by atoms with Crippen LogP contribution in [0.5, 0.6) is 0 Å². The molecule has 2 aromatic heterocycles. The third-order valence-corrected chi connectivity index (χ3v) is 3.60. The summed E-state index contributed by atoms with van der Waals surface area (Å²) in [5.41, 5.74) is 1.66. The Balaban J connectivity index is 2.44. The van der Waals surface area contributed by atoms with Gasteiger partial charge >= 0.3 is 0 Å². The van der Waals surface area contributed by atoms with Gasteiger partial charge in [-0.05, 0) is 40.2 Å². The Labute approximate surface area is 95.1 Å². The first kappa shape index (κ1) is 9.98. The van der Waals surface area contributed by atoms with Crippen molar-refractivity contribution in [3.05, 3.63) is 36.4 Å². The van der Waals surface area contributed by atoms with E-state index in [9.17, 15) is 4.39 Å². The summed E-state index contributed by atoms with van der Waals surface area (Å²) in [6.07, 6.45) is 3.44. The van der Waals surface area contributed by atoms with E-state index in [2.05, 4.69) is 32.1 Å². The molecule has 0 radical (unpaired) electrons. The number of hydrogen-bond donors (Lipinski definition) is 0. The van der Waals surface area contributed by atoms with Gasteiger partial charge in [-0.2, -0.15) is 5.10 Å². The van der Waals surface area contributed by atoms with Gasteiger partial charge in [-0.25, -0.2) is 8.84 Å². The zero-order valence-electron chi connectivity index (χ0n) is 6.98. The monoisotopic (exact) mass is 321 g/mol.